The number of hydrogen-bond donors (Lipinski definition) is 1. The Bertz CT molecular complexity index is 594. The summed E-state index contributed by atoms with van der Waals surface area (Å²) >= 11 is 0. The van der Waals surface area contributed by atoms with E-state index in [2.05, 4.69) is 10.4 Å². The maximum absolute atomic E-state index is 12.4. The molecule has 106 valence electrons. The van der Waals surface area contributed by atoms with Crippen molar-refractivity contribution < 1.29 is 9.59 Å². The standard InChI is InChI=1S/C13H17N5O2/c19-12-14-4-5-17(12)13(20)16-6-7-18-11(8-16)9-2-1-3-10(9)15-18/h1-8H2,(H,14,19). The van der Waals surface area contributed by atoms with Crippen LogP contribution >= 0.6 is 0 Å². The van der Waals surface area contributed by atoms with Crippen LogP contribution in [0.15, 0.2) is 0 Å². The summed E-state index contributed by atoms with van der Waals surface area (Å²) in [5.41, 5.74) is 3.69. The molecule has 0 spiro atoms. The van der Waals surface area contributed by atoms with Gasteiger partial charge in [0.15, 0.2) is 0 Å². The molecule has 2 aliphatic heterocycles. The van der Waals surface area contributed by atoms with Crippen LogP contribution in [0.1, 0.15) is 23.4 Å². The molecule has 0 atom stereocenters. The second-order valence-corrected chi connectivity index (χ2v) is 5.54. The van der Waals surface area contributed by atoms with Crippen LogP contribution in [0.2, 0.25) is 0 Å². The zero-order chi connectivity index (χ0) is 13.7. The Labute approximate surface area is 116 Å². The van der Waals surface area contributed by atoms with Gasteiger partial charge in [0.25, 0.3) is 0 Å². The highest BCUT2D eigenvalue weighted by molar-refractivity contribution is 5.94. The third-order valence-corrected chi connectivity index (χ3v) is 4.37. The van der Waals surface area contributed by atoms with Crippen molar-refractivity contribution in [2.75, 3.05) is 19.6 Å². The number of carbonyl (C=O) groups excluding carboxylic acids is 2. The minimum atomic E-state index is -0.278. The van der Waals surface area contributed by atoms with Gasteiger partial charge in [0.1, 0.15) is 0 Å². The predicted octanol–water partition coefficient (Wildman–Crippen LogP) is 0.333. The van der Waals surface area contributed by atoms with Gasteiger partial charge in [0, 0.05) is 19.6 Å². The average molecular weight is 275 g/mol. The second-order valence-electron chi connectivity index (χ2n) is 5.54. The van der Waals surface area contributed by atoms with Crippen molar-refractivity contribution >= 4 is 12.1 Å². The lowest BCUT2D eigenvalue weighted by molar-refractivity contribution is 0.150. The third-order valence-electron chi connectivity index (χ3n) is 4.37. The summed E-state index contributed by atoms with van der Waals surface area (Å²) in [5, 5.41) is 7.29. The van der Waals surface area contributed by atoms with Crippen LogP contribution in [0.3, 0.4) is 0 Å². The minimum Gasteiger partial charge on any atom is -0.336 e. The lowest BCUT2D eigenvalue weighted by Gasteiger charge is -2.30. The van der Waals surface area contributed by atoms with E-state index in [0.717, 1.165) is 31.5 Å². The first-order valence-corrected chi connectivity index (χ1v) is 7.16. The number of hydrogen-bond acceptors (Lipinski definition) is 3. The molecule has 3 heterocycles. The normalized spacial score (nSPS) is 20.9. The largest absolute Gasteiger partial charge is 0.336 e. The van der Waals surface area contributed by atoms with Gasteiger partial charge in [0.2, 0.25) is 0 Å². The van der Waals surface area contributed by atoms with Gasteiger partial charge in [-0.05, 0) is 24.8 Å². The number of nitrogens with zero attached hydrogens (tertiary/aromatic N) is 4. The third kappa shape index (κ3) is 1.62. The van der Waals surface area contributed by atoms with Gasteiger partial charge in [-0.2, -0.15) is 5.10 Å². The van der Waals surface area contributed by atoms with Crippen molar-refractivity contribution in [2.45, 2.75) is 32.4 Å². The van der Waals surface area contributed by atoms with E-state index in [1.165, 1.54) is 16.2 Å². The van der Waals surface area contributed by atoms with E-state index in [0.29, 0.717) is 26.2 Å². The van der Waals surface area contributed by atoms with Crippen LogP contribution in [-0.4, -0.2) is 51.3 Å². The van der Waals surface area contributed by atoms with Crippen molar-refractivity contribution in [3.8, 4) is 0 Å². The van der Waals surface area contributed by atoms with E-state index in [1.54, 1.807) is 4.90 Å². The molecular formula is C13H17N5O2. The van der Waals surface area contributed by atoms with Crippen molar-refractivity contribution in [1.29, 1.82) is 0 Å². The van der Waals surface area contributed by atoms with Crippen LogP contribution in [0.25, 0.3) is 0 Å². The molecule has 0 radical (unpaired) electrons. The Morgan fingerprint density at radius 1 is 1.20 bits per heavy atom. The fourth-order valence-corrected chi connectivity index (χ4v) is 3.34. The van der Waals surface area contributed by atoms with Crippen molar-refractivity contribution in [2.24, 2.45) is 0 Å². The number of imide groups is 1. The number of urea groups is 2. The maximum atomic E-state index is 12.4. The monoisotopic (exact) mass is 275 g/mol. The first-order chi connectivity index (χ1) is 9.74. The van der Waals surface area contributed by atoms with E-state index in [4.69, 9.17) is 0 Å². The highest BCUT2D eigenvalue weighted by Crippen LogP contribution is 2.28. The lowest BCUT2D eigenvalue weighted by Crippen LogP contribution is -2.47. The van der Waals surface area contributed by atoms with Crippen molar-refractivity contribution in [3.05, 3.63) is 17.0 Å². The Kier molecular flexibility index (Phi) is 2.48. The molecule has 1 fully saturated rings. The molecule has 7 heteroatoms. The van der Waals surface area contributed by atoms with Gasteiger partial charge >= 0.3 is 12.1 Å². The van der Waals surface area contributed by atoms with Gasteiger partial charge in [-0.15, -0.1) is 0 Å². The Morgan fingerprint density at radius 3 is 2.90 bits per heavy atom. The topological polar surface area (TPSA) is 70.5 Å². The van der Waals surface area contributed by atoms with Crippen LogP contribution in [-0.2, 0) is 25.9 Å². The van der Waals surface area contributed by atoms with Gasteiger partial charge in [-0.1, -0.05) is 0 Å². The van der Waals surface area contributed by atoms with Crippen molar-refractivity contribution in [3.63, 3.8) is 0 Å². The smallest absolute Gasteiger partial charge is 0.328 e. The highest BCUT2D eigenvalue weighted by atomic mass is 16.2. The van der Waals surface area contributed by atoms with Gasteiger partial charge < -0.3 is 10.2 Å². The average Bonchev–Trinajstić information content (AvgIpc) is 3.12. The summed E-state index contributed by atoms with van der Waals surface area (Å²) < 4.78 is 2.04. The van der Waals surface area contributed by atoms with E-state index >= 15 is 0 Å². The van der Waals surface area contributed by atoms with E-state index in [-0.39, 0.29) is 12.1 Å². The summed E-state index contributed by atoms with van der Waals surface area (Å²) in [7, 11) is 0. The fourth-order valence-electron chi connectivity index (χ4n) is 3.34. The quantitative estimate of drug-likeness (QED) is 0.742. The second kappa shape index (κ2) is 4.22. The molecule has 1 aromatic rings. The van der Waals surface area contributed by atoms with E-state index in [1.807, 2.05) is 4.68 Å². The zero-order valence-corrected chi connectivity index (χ0v) is 11.3. The van der Waals surface area contributed by atoms with Gasteiger partial charge in [0.05, 0.1) is 24.5 Å². The maximum Gasteiger partial charge on any atom is 0.328 e. The molecular weight excluding hydrogens is 258 g/mol. The highest BCUT2D eigenvalue weighted by Gasteiger charge is 2.34. The summed E-state index contributed by atoms with van der Waals surface area (Å²) in [6, 6.07) is -0.460. The molecule has 1 N–H and O–H groups in total. The van der Waals surface area contributed by atoms with E-state index < -0.39 is 0 Å². The number of rotatable bonds is 0. The first-order valence-electron chi connectivity index (χ1n) is 7.16. The molecule has 3 aliphatic rings. The van der Waals surface area contributed by atoms with Gasteiger partial charge in [-0.3, -0.25) is 4.68 Å². The van der Waals surface area contributed by atoms with Crippen LogP contribution in [0.5, 0.6) is 0 Å². The molecule has 0 aromatic carbocycles. The fraction of sp³-hybridized carbons (Fsp3) is 0.615. The molecule has 0 bridgehead atoms. The van der Waals surface area contributed by atoms with Crippen LogP contribution in [0.4, 0.5) is 9.59 Å². The Morgan fingerprint density at radius 2 is 2.10 bits per heavy atom. The summed E-state index contributed by atoms with van der Waals surface area (Å²) in [6.07, 6.45) is 3.28. The predicted molar refractivity (Wildman–Crippen MR) is 70.2 cm³/mol. The SMILES string of the molecule is O=C1NCCN1C(=O)N1CCn2nc3c(c2C1)CCC3. The number of carbonyl (C=O) groups is 2. The number of nitrogens with one attached hydrogen (secondary N) is 1. The minimum absolute atomic E-state index is 0.181. The molecule has 20 heavy (non-hydrogen) atoms. The zero-order valence-electron chi connectivity index (χ0n) is 11.3. The molecule has 1 aromatic heterocycles. The van der Waals surface area contributed by atoms with Crippen LogP contribution in [0, 0.1) is 0 Å². The summed E-state index contributed by atoms with van der Waals surface area (Å²) in [6.45, 7) is 2.93. The van der Waals surface area contributed by atoms with E-state index in [9.17, 15) is 9.59 Å². The molecule has 4 rings (SSSR count). The number of amides is 4. The summed E-state index contributed by atoms with van der Waals surface area (Å²) in [5.74, 6) is 0. The number of fused-ring (bicyclic) bond motifs is 3. The molecule has 0 saturated carbocycles. The summed E-state index contributed by atoms with van der Waals surface area (Å²) in [4.78, 5) is 27.1. The first kappa shape index (κ1) is 11.7. The van der Waals surface area contributed by atoms with Crippen molar-refractivity contribution in [1.82, 2.24) is 24.9 Å². The molecule has 4 amide bonds. The molecule has 0 unspecified atom stereocenters. The number of aryl methyl sites for hydroxylation is 1. The molecule has 1 aliphatic carbocycles. The Hall–Kier alpha value is -2.05. The van der Waals surface area contributed by atoms with Crippen LogP contribution < -0.4 is 5.32 Å². The van der Waals surface area contributed by atoms with Gasteiger partial charge in [-0.25, -0.2) is 14.5 Å². The molecule has 1 saturated heterocycles. The molecule has 7 nitrogen and oxygen atoms in total. The lowest BCUT2D eigenvalue weighted by atomic mass is 10.1. The number of aromatic nitrogens is 2. The Balaban J connectivity index is 1.57.